The first-order valence-electron chi connectivity index (χ1n) is 3.23. The van der Waals surface area contributed by atoms with Crippen LogP contribution in [0, 0.1) is 0 Å². The van der Waals surface area contributed by atoms with E-state index in [0.717, 1.165) is 6.20 Å². The summed E-state index contributed by atoms with van der Waals surface area (Å²) in [6.45, 7) is 0. The van der Waals surface area contributed by atoms with Crippen LogP contribution in [0.1, 0.15) is 0 Å². The van der Waals surface area contributed by atoms with Gasteiger partial charge >= 0.3 is 0 Å². The van der Waals surface area contributed by atoms with E-state index >= 15 is 0 Å². The minimum atomic E-state index is -3.82. The predicted octanol–water partition coefficient (Wildman–Crippen LogP) is -0.174. The molecule has 0 aliphatic heterocycles. The number of sulfonamides is 1. The maximum absolute atomic E-state index is 11.3. The van der Waals surface area contributed by atoms with E-state index in [4.69, 9.17) is 0 Å². The molecule has 74 valence electrons. The van der Waals surface area contributed by atoms with Crippen molar-refractivity contribution in [3.8, 4) is 0 Å². The highest BCUT2D eigenvalue weighted by atomic mass is 32.3. The fourth-order valence-corrected chi connectivity index (χ4v) is 3.28. The third-order valence-corrected chi connectivity index (χ3v) is 4.09. The summed E-state index contributed by atoms with van der Waals surface area (Å²) in [5, 5.41) is 5.80. The van der Waals surface area contributed by atoms with Crippen molar-refractivity contribution in [3.05, 3.63) is 12.4 Å². The van der Waals surface area contributed by atoms with Crippen molar-refractivity contribution >= 4 is 19.8 Å². The third kappa shape index (κ3) is 2.81. The van der Waals surface area contributed by atoms with Crippen molar-refractivity contribution in [2.24, 2.45) is 3.77 Å². The molecular formula is C5H9N3O3S2. The Morgan fingerprint density at radius 3 is 2.38 bits per heavy atom. The van der Waals surface area contributed by atoms with Gasteiger partial charge in [-0.25, -0.2) is 4.21 Å². The fraction of sp³-hybridized carbons (Fsp3) is 0.400. The number of rotatable bonds is 2. The molecule has 0 aliphatic rings. The average Bonchev–Trinajstić information content (AvgIpc) is 2.29. The number of aromatic nitrogens is 2. The molecule has 0 spiro atoms. The van der Waals surface area contributed by atoms with Gasteiger partial charge in [0, 0.05) is 18.7 Å². The van der Waals surface area contributed by atoms with E-state index in [-0.39, 0.29) is 4.90 Å². The van der Waals surface area contributed by atoms with E-state index in [0.29, 0.717) is 0 Å². The van der Waals surface area contributed by atoms with Crippen LogP contribution in [0.5, 0.6) is 0 Å². The summed E-state index contributed by atoms with van der Waals surface area (Å²) in [5.41, 5.74) is 0. The van der Waals surface area contributed by atoms with Gasteiger partial charge in [-0.1, -0.05) is 0 Å². The van der Waals surface area contributed by atoms with E-state index in [9.17, 15) is 12.6 Å². The Kier molecular flexibility index (Phi) is 2.44. The second kappa shape index (κ2) is 3.11. The number of nitrogens with zero attached hydrogens (tertiary/aromatic N) is 2. The molecule has 0 saturated heterocycles. The Balaban J connectivity index is 3.30. The van der Waals surface area contributed by atoms with Crippen LogP contribution in [-0.2, 0) is 19.8 Å². The molecule has 0 amide bonds. The van der Waals surface area contributed by atoms with Crippen molar-refractivity contribution in [2.45, 2.75) is 4.90 Å². The van der Waals surface area contributed by atoms with Crippen LogP contribution in [0.2, 0.25) is 0 Å². The molecule has 0 aliphatic carbocycles. The summed E-state index contributed by atoms with van der Waals surface area (Å²) in [4.78, 5) is -0.0797. The molecule has 0 fully saturated rings. The minimum absolute atomic E-state index is 0.0797. The molecule has 0 radical (unpaired) electrons. The third-order valence-electron chi connectivity index (χ3n) is 1.05. The summed E-state index contributed by atoms with van der Waals surface area (Å²) in [5.74, 6) is 0. The van der Waals surface area contributed by atoms with Gasteiger partial charge < -0.3 is 0 Å². The van der Waals surface area contributed by atoms with Gasteiger partial charge in [-0.05, 0) is 0 Å². The second-order valence-corrected chi connectivity index (χ2v) is 7.05. The number of aromatic amines is 1. The summed E-state index contributed by atoms with van der Waals surface area (Å²) >= 11 is 0. The Bertz CT molecular complexity index is 485. The molecule has 1 heterocycles. The fourth-order valence-electron chi connectivity index (χ4n) is 0.659. The Morgan fingerprint density at radius 2 is 2.00 bits per heavy atom. The normalized spacial score (nSPS) is 12.8. The van der Waals surface area contributed by atoms with Gasteiger partial charge in [-0.2, -0.15) is 13.5 Å². The number of hydrogen-bond acceptors (Lipinski definition) is 4. The Labute approximate surface area is 76.6 Å². The molecule has 1 N–H and O–H groups in total. The lowest BCUT2D eigenvalue weighted by atomic mass is 10.7. The monoisotopic (exact) mass is 223 g/mol. The van der Waals surface area contributed by atoms with Crippen molar-refractivity contribution in [3.63, 3.8) is 0 Å². The smallest absolute Gasteiger partial charge is 0.284 e. The van der Waals surface area contributed by atoms with Crippen molar-refractivity contribution < 1.29 is 12.6 Å². The van der Waals surface area contributed by atoms with Crippen LogP contribution in [0.3, 0.4) is 0 Å². The minimum Gasteiger partial charge on any atom is -0.284 e. The molecule has 0 saturated carbocycles. The maximum atomic E-state index is 11.3. The average molecular weight is 223 g/mol. The highest BCUT2D eigenvalue weighted by Gasteiger charge is 2.14. The first-order chi connectivity index (χ1) is 5.81. The molecule has 0 bridgehead atoms. The lowest BCUT2D eigenvalue weighted by Gasteiger charge is -1.94. The van der Waals surface area contributed by atoms with Gasteiger partial charge in [-0.3, -0.25) is 5.10 Å². The van der Waals surface area contributed by atoms with Crippen LogP contribution in [-0.4, -0.2) is 35.3 Å². The number of hydrogen-bond donors (Lipinski definition) is 1. The molecule has 6 nitrogen and oxygen atoms in total. The van der Waals surface area contributed by atoms with Crippen molar-refractivity contribution in [1.82, 2.24) is 10.2 Å². The number of H-pyrrole nitrogens is 1. The summed E-state index contributed by atoms with van der Waals surface area (Å²) in [6, 6.07) is 0. The first-order valence-corrected chi connectivity index (χ1v) is 7.01. The molecule has 1 aromatic heterocycles. The Hall–Kier alpha value is -0.890. The van der Waals surface area contributed by atoms with E-state index in [2.05, 4.69) is 14.0 Å². The van der Waals surface area contributed by atoms with Crippen molar-refractivity contribution in [1.29, 1.82) is 0 Å². The van der Waals surface area contributed by atoms with Gasteiger partial charge in [0.25, 0.3) is 10.0 Å². The molecule has 0 unspecified atom stereocenters. The quantitative estimate of drug-likeness (QED) is 0.753. The van der Waals surface area contributed by atoms with Gasteiger partial charge in [-0.15, -0.1) is 3.77 Å². The largest absolute Gasteiger partial charge is 0.293 e. The lowest BCUT2D eigenvalue weighted by molar-refractivity contribution is 0.598. The summed E-state index contributed by atoms with van der Waals surface area (Å²) in [7, 11) is -6.48. The SMILES string of the molecule is CS(C)(=O)=NS(=O)(=O)c1cn[nH]c1. The van der Waals surface area contributed by atoms with E-state index < -0.39 is 19.8 Å². The molecule has 13 heavy (non-hydrogen) atoms. The van der Waals surface area contributed by atoms with Crippen LogP contribution >= 0.6 is 0 Å². The maximum Gasteiger partial charge on any atom is 0.293 e. The lowest BCUT2D eigenvalue weighted by Crippen LogP contribution is -2.01. The molecule has 1 aromatic rings. The first kappa shape index (κ1) is 10.2. The molecular weight excluding hydrogens is 214 g/mol. The topological polar surface area (TPSA) is 92.2 Å². The van der Waals surface area contributed by atoms with Gasteiger partial charge in [0.2, 0.25) is 0 Å². The van der Waals surface area contributed by atoms with Crippen LogP contribution < -0.4 is 0 Å². The summed E-state index contributed by atoms with van der Waals surface area (Å²) in [6.07, 6.45) is 4.81. The molecule has 8 heteroatoms. The molecule has 1 rings (SSSR count). The van der Waals surface area contributed by atoms with Gasteiger partial charge in [0.05, 0.1) is 15.9 Å². The summed E-state index contributed by atoms with van der Waals surface area (Å²) < 4.78 is 37.0. The predicted molar refractivity (Wildman–Crippen MR) is 48.2 cm³/mol. The Morgan fingerprint density at radius 1 is 1.38 bits per heavy atom. The molecule has 0 aromatic carbocycles. The van der Waals surface area contributed by atoms with E-state index in [1.165, 1.54) is 18.7 Å². The van der Waals surface area contributed by atoms with Crippen LogP contribution in [0.15, 0.2) is 21.1 Å². The van der Waals surface area contributed by atoms with E-state index in [1.54, 1.807) is 0 Å². The highest BCUT2D eigenvalue weighted by molar-refractivity contribution is 8.02. The van der Waals surface area contributed by atoms with Gasteiger partial charge in [0.1, 0.15) is 4.90 Å². The van der Waals surface area contributed by atoms with Crippen LogP contribution in [0.25, 0.3) is 0 Å². The highest BCUT2D eigenvalue weighted by Crippen LogP contribution is 2.10. The van der Waals surface area contributed by atoms with Crippen molar-refractivity contribution in [2.75, 3.05) is 12.5 Å². The van der Waals surface area contributed by atoms with Crippen LogP contribution in [0.4, 0.5) is 0 Å². The zero-order valence-corrected chi connectivity index (χ0v) is 8.72. The molecule has 0 atom stereocenters. The standard InChI is InChI=1S/C5H9N3O3S2/c1-12(2,9)8-13(10,11)5-3-6-7-4-5/h3-4H,1-2H3,(H,6,7). The zero-order valence-electron chi connectivity index (χ0n) is 7.09. The second-order valence-electron chi connectivity index (χ2n) is 2.66. The zero-order chi connectivity index (χ0) is 10.1. The van der Waals surface area contributed by atoms with E-state index in [1.807, 2.05) is 0 Å². The van der Waals surface area contributed by atoms with Gasteiger partial charge in [0.15, 0.2) is 0 Å². The number of nitrogens with one attached hydrogen (secondary N) is 1.